The van der Waals surface area contributed by atoms with Gasteiger partial charge in [-0.15, -0.1) is 0 Å². The van der Waals surface area contributed by atoms with Crippen molar-refractivity contribution in [3.63, 3.8) is 0 Å². The standard InChI is InChI=1S/C19H18FNO4/c1-11-18(13(3)22)12(2)21-19(11)16(23)10-25-17(24)9-8-14-6-4-5-7-15(14)20/h4-9,21H,10H2,1-3H3/b9-8+. The highest BCUT2D eigenvalue weighted by Crippen LogP contribution is 2.19. The summed E-state index contributed by atoms with van der Waals surface area (Å²) in [5.41, 5.74) is 2.09. The van der Waals surface area contributed by atoms with E-state index in [1.807, 2.05) is 0 Å². The second kappa shape index (κ2) is 7.70. The number of ketones is 2. The molecule has 0 atom stereocenters. The summed E-state index contributed by atoms with van der Waals surface area (Å²) >= 11 is 0. The van der Waals surface area contributed by atoms with Crippen LogP contribution >= 0.6 is 0 Å². The molecule has 0 bridgehead atoms. The number of benzene rings is 1. The molecule has 2 rings (SSSR count). The van der Waals surface area contributed by atoms with E-state index in [0.29, 0.717) is 16.8 Å². The second-order valence-electron chi connectivity index (χ2n) is 5.57. The summed E-state index contributed by atoms with van der Waals surface area (Å²) in [4.78, 5) is 38.3. The molecule has 1 aromatic carbocycles. The summed E-state index contributed by atoms with van der Waals surface area (Å²) in [6.07, 6.45) is 2.33. The Hall–Kier alpha value is -3.02. The zero-order valence-corrected chi connectivity index (χ0v) is 14.2. The number of nitrogens with one attached hydrogen (secondary N) is 1. The van der Waals surface area contributed by atoms with Gasteiger partial charge in [-0.25, -0.2) is 9.18 Å². The Morgan fingerprint density at radius 3 is 2.48 bits per heavy atom. The van der Waals surface area contributed by atoms with Crippen molar-refractivity contribution in [3.05, 3.63) is 64.2 Å². The van der Waals surface area contributed by atoms with Gasteiger partial charge in [0.2, 0.25) is 5.78 Å². The molecular weight excluding hydrogens is 325 g/mol. The predicted octanol–water partition coefficient (Wildman–Crippen LogP) is 3.41. The Morgan fingerprint density at radius 2 is 1.88 bits per heavy atom. The number of aryl methyl sites for hydroxylation is 1. The van der Waals surface area contributed by atoms with E-state index in [4.69, 9.17) is 4.74 Å². The Labute approximate surface area is 144 Å². The molecule has 0 spiro atoms. The van der Waals surface area contributed by atoms with Crippen LogP contribution in [0, 0.1) is 19.7 Å². The highest BCUT2D eigenvalue weighted by Gasteiger charge is 2.20. The molecule has 6 heteroatoms. The van der Waals surface area contributed by atoms with E-state index in [1.165, 1.54) is 25.1 Å². The highest BCUT2D eigenvalue weighted by molar-refractivity contribution is 6.04. The van der Waals surface area contributed by atoms with Crippen LogP contribution in [0.5, 0.6) is 0 Å². The van der Waals surface area contributed by atoms with Gasteiger partial charge in [-0.05, 0) is 38.5 Å². The van der Waals surface area contributed by atoms with E-state index in [2.05, 4.69) is 4.98 Å². The van der Waals surface area contributed by atoms with Gasteiger partial charge in [0, 0.05) is 22.9 Å². The summed E-state index contributed by atoms with van der Waals surface area (Å²) in [7, 11) is 0. The van der Waals surface area contributed by atoms with Crippen molar-refractivity contribution in [1.29, 1.82) is 0 Å². The van der Waals surface area contributed by atoms with Crippen LogP contribution in [0.15, 0.2) is 30.3 Å². The van der Waals surface area contributed by atoms with E-state index in [9.17, 15) is 18.8 Å². The molecule has 0 amide bonds. The summed E-state index contributed by atoms with van der Waals surface area (Å²) in [6, 6.07) is 5.97. The lowest BCUT2D eigenvalue weighted by molar-refractivity contribution is -0.136. The van der Waals surface area contributed by atoms with Gasteiger partial charge in [-0.1, -0.05) is 18.2 Å². The van der Waals surface area contributed by atoms with Gasteiger partial charge in [0.25, 0.3) is 0 Å². The quantitative estimate of drug-likeness (QED) is 0.495. The number of aromatic amines is 1. The number of hydrogen-bond donors (Lipinski definition) is 1. The van der Waals surface area contributed by atoms with E-state index < -0.39 is 24.2 Å². The van der Waals surface area contributed by atoms with Gasteiger partial charge in [0.1, 0.15) is 5.82 Å². The molecule has 0 aliphatic rings. The normalized spacial score (nSPS) is 10.9. The summed E-state index contributed by atoms with van der Waals surface area (Å²) in [6.45, 7) is 4.31. The first-order chi connectivity index (χ1) is 11.8. The monoisotopic (exact) mass is 343 g/mol. The number of halogens is 1. The molecule has 1 N–H and O–H groups in total. The van der Waals surface area contributed by atoms with Crippen molar-refractivity contribution >= 4 is 23.6 Å². The predicted molar refractivity (Wildman–Crippen MR) is 91.0 cm³/mol. The van der Waals surface area contributed by atoms with Gasteiger partial charge in [-0.2, -0.15) is 0 Å². The van der Waals surface area contributed by atoms with Crippen LogP contribution in [0.3, 0.4) is 0 Å². The molecule has 5 nitrogen and oxygen atoms in total. The maximum atomic E-state index is 13.4. The molecule has 0 aliphatic carbocycles. The fourth-order valence-corrected chi connectivity index (χ4v) is 2.58. The lowest BCUT2D eigenvalue weighted by Gasteiger charge is -2.02. The lowest BCUT2D eigenvalue weighted by Crippen LogP contribution is -2.14. The molecule has 1 aromatic heterocycles. The molecule has 0 aliphatic heterocycles. The molecule has 0 fully saturated rings. The molecule has 1 heterocycles. The molecule has 25 heavy (non-hydrogen) atoms. The van der Waals surface area contributed by atoms with Gasteiger partial charge < -0.3 is 9.72 Å². The molecular formula is C19H18FNO4. The van der Waals surface area contributed by atoms with Crippen molar-refractivity contribution < 1.29 is 23.5 Å². The third kappa shape index (κ3) is 4.29. The number of H-pyrrole nitrogens is 1. The Bertz CT molecular complexity index is 864. The molecule has 0 unspecified atom stereocenters. The molecule has 0 radical (unpaired) electrons. The minimum Gasteiger partial charge on any atom is -0.454 e. The maximum Gasteiger partial charge on any atom is 0.331 e. The fraction of sp³-hybridized carbons (Fsp3) is 0.211. The largest absolute Gasteiger partial charge is 0.454 e. The zero-order valence-electron chi connectivity index (χ0n) is 14.2. The smallest absolute Gasteiger partial charge is 0.331 e. The number of rotatable bonds is 6. The lowest BCUT2D eigenvalue weighted by atomic mass is 10.1. The van der Waals surface area contributed by atoms with Crippen LogP contribution in [0.4, 0.5) is 4.39 Å². The van der Waals surface area contributed by atoms with Gasteiger partial charge in [0.05, 0.1) is 5.69 Å². The average molecular weight is 343 g/mol. The SMILES string of the molecule is CC(=O)c1c(C)[nH]c(C(=O)COC(=O)/C=C/c2ccccc2F)c1C. The minimum absolute atomic E-state index is 0.143. The first-order valence-corrected chi connectivity index (χ1v) is 7.64. The Balaban J connectivity index is 2.01. The third-order valence-corrected chi connectivity index (χ3v) is 3.72. The van der Waals surface area contributed by atoms with Gasteiger partial charge in [-0.3, -0.25) is 9.59 Å². The number of Topliss-reactive ketones (excluding diaryl/α,β-unsaturated/α-hetero) is 2. The number of carbonyl (C=O) groups excluding carboxylic acids is 3. The number of aromatic nitrogens is 1. The van der Waals surface area contributed by atoms with Crippen LogP contribution < -0.4 is 0 Å². The molecule has 130 valence electrons. The summed E-state index contributed by atoms with van der Waals surface area (Å²) in [5, 5.41) is 0. The van der Waals surface area contributed by atoms with Crippen LogP contribution in [-0.2, 0) is 9.53 Å². The van der Waals surface area contributed by atoms with E-state index >= 15 is 0 Å². The number of esters is 1. The Kier molecular flexibility index (Phi) is 5.64. The average Bonchev–Trinajstić information content (AvgIpc) is 2.86. The number of ether oxygens (including phenoxy) is 1. The highest BCUT2D eigenvalue weighted by atomic mass is 19.1. The Morgan fingerprint density at radius 1 is 1.20 bits per heavy atom. The first kappa shape index (κ1) is 18.3. The van der Waals surface area contributed by atoms with Crippen molar-refractivity contribution in [3.8, 4) is 0 Å². The van der Waals surface area contributed by atoms with Crippen molar-refractivity contribution in [2.75, 3.05) is 6.61 Å². The van der Waals surface area contributed by atoms with Gasteiger partial charge in [0.15, 0.2) is 12.4 Å². The van der Waals surface area contributed by atoms with Crippen LogP contribution in [0.25, 0.3) is 6.08 Å². The summed E-state index contributed by atoms with van der Waals surface area (Å²) in [5.74, 6) is -1.81. The number of hydrogen-bond acceptors (Lipinski definition) is 4. The second-order valence-corrected chi connectivity index (χ2v) is 5.57. The number of carbonyl (C=O) groups is 3. The van der Waals surface area contributed by atoms with Crippen LogP contribution in [0.2, 0.25) is 0 Å². The fourth-order valence-electron chi connectivity index (χ4n) is 2.58. The van der Waals surface area contributed by atoms with Crippen molar-refractivity contribution in [2.45, 2.75) is 20.8 Å². The van der Waals surface area contributed by atoms with Crippen molar-refractivity contribution in [1.82, 2.24) is 4.98 Å². The first-order valence-electron chi connectivity index (χ1n) is 7.64. The molecule has 2 aromatic rings. The summed E-state index contributed by atoms with van der Waals surface area (Å²) < 4.78 is 18.3. The maximum absolute atomic E-state index is 13.4. The zero-order chi connectivity index (χ0) is 18.6. The van der Waals surface area contributed by atoms with Gasteiger partial charge >= 0.3 is 5.97 Å². The van der Waals surface area contributed by atoms with Crippen LogP contribution in [0.1, 0.15) is 44.6 Å². The molecule has 0 saturated carbocycles. The van der Waals surface area contributed by atoms with Crippen LogP contribution in [-0.4, -0.2) is 29.1 Å². The topological polar surface area (TPSA) is 76.2 Å². The van der Waals surface area contributed by atoms with E-state index in [-0.39, 0.29) is 17.0 Å². The van der Waals surface area contributed by atoms with E-state index in [0.717, 1.165) is 6.08 Å². The minimum atomic E-state index is -0.760. The van der Waals surface area contributed by atoms with Crippen molar-refractivity contribution in [2.24, 2.45) is 0 Å². The van der Waals surface area contributed by atoms with E-state index in [1.54, 1.807) is 26.0 Å². The molecule has 0 saturated heterocycles. The third-order valence-electron chi connectivity index (χ3n) is 3.72.